The Morgan fingerprint density at radius 1 is 1.29 bits per heavy atom. The van der Waals surface area contributed by atoms with Crippen LogP contribution < -0.4 is 5.32 Å². The maximum Gasteiger partial charge on any atom is 0.335 e. The normalized spacial score (nSPS) is 11.0. The summed E-state index contributed by atoms with van der Waals surface area (Å²) in [5.41, 5.74) is 0.677. The fourth-order valence-electron chi connectivity index (χ4n) is 1.59. The first-order chi connectivity index (χ1) is 9.75. The highest BCUT2D eigenvalue weighted by molar-refractivity contribution is 5.87. The van der Waals surface area contributed by atoms with Gasteiger partial charge in [-0.2, -0.15) is 0 Å². The number of nitrogens with one attached hydrogen (secondary N) is 1. The van der Waals surface area contributed by atoms with Crippen molar-refractivity contribution in [2.75, 3.05) is 20.7 Å². The van der Waals surface area contributed by atoms with Gasteiger partial charge in [0.15, 0.2) is 0 Å². The van der Waals surface area contributed by atoms with Crippen molar-refractivity contribution in [3.63, 3.8) is 0 Å². The van der Waals surface area contributed by atoms with Crippen molar-refractivity contribution in [3.8, 4) is 0 Å². The van der Waals surface area contributed by atoms with E-state index >= 15 is 0 Å². The topological polar surface area (TPSA) is 78.9 Å². The number of benzene rings is 1. The summed E-state index contributed by atoms with van der Waals surface area (Å²) < 4.78 is 5.23. The molecular weight excluding hydrogens is 272 g/mol. The van der Waals surface area contributed by atoms with Gasteiger partial charge in [0, 0.05) is 27.2 Å². The van der Waals surface area contributed by atoms with Crippen LogP contribution in [0.15, 0.2) is 24.3 Å². The van der Waals surface area contributed by atoms with Gasteiger partial charge in [-0.05, 0) is 31.5 Å². The van der Waals surface area contributed by atoms with Crippen LogP contribution in [0.2, 0.25) is 0 Å². The van der Waals surface area contributed by atoms with E-state index in [1.807, 2.05) is 13.8 Å². The van der Waals surface area contributed by atoms with Crippen LogP contribution in [0.4, 0.5) is 4.79 Å². The Morgan fingerprint density at radius 2 is 1.86 bits per heavy atom. The first-order valence-corrected chi connectivity index (χ1v) is 6.61. The Balaban J connectivity index is 2.54. The van der Waals surface area contributed by atoms with Crippen molar-refractivity contribution in [3.05, 3.63) is 35.4 Å². The molecule has 0 fully saturated rings. The van der Waals surface area contributed by atoms with Crippen molar-refractivity contribution in [1.82, 2.24) is 10.2 Å². The number of nitrogens with zero attached hydrogens (tertiary/aromatic N) is 1. The zero-order chi connectivity index (χ0) is 16.0. The lowest BCUT2D eigenvalue weighted by Crippen LogP contribution is -2.44. The molecule has 0 unspecified atom stereocenters. The van der Waals surface area contributed by atoms with Crippen molar-refractivity contribution >= 4 is 12.0 Å². The van der Waals surface area contributed by atoms with E-state index in [1.54, 1.807) is 26.3 Å². The van der Waals surface area contributed by atoms with Gasteiger partial charge in [0.1, 0.15) is 0 Å². The predicted molar refractivity (Wildman–Crippen MR) is 79.4 cm³/mol. The lowest BCUT2D eigenvalue weighted by Gasteiger charge is -2.25. The molecule has 0 aromatic heterocycles. The van der Waals surface area contributed by atoms with Crippen LogP contribution in [0.25, 0.3) is 0 Å². The van der Waals surface area contributed by atoms with Crippen LogP contribution in [0.3, 0.4) is 0 Å². The number of ether oxygens (including phenoxy) is 1. The molecule has 0 saturated carbocycles. The van der Waals surface area contributed by atoms with Crippen molar-refractivity contribution in [2.24, 2.45) is 0 Å². The molecule has 0 spiro atoms. The van der Waals surface area contributed by atoms with E-state index in [-0.39, 0.29) is 11.6 Å². The van der Waals surface area contributed by atoms with Gasteiger partial charge in [-0.1, -0.05) is 12.1 Å². The third-order valence-electron chi connectivity index (χ3n) is 3.19. The van der Waals surface area contributed by atoms with Crippen LogP contribution >= 0.6 is 0 Å². The van der Waals surface area contributed by atoms with E-state index in [9.17, 15) is 9.59 Å². The number of carbonyl (C=O) groups is 2. The van der Waals surface area contributed by atoms with Gasteiger partial charge in [-0.25, -0.2) is 9.59 Å². The molecular formula is C15H22N2O4. The molecule has 116 valence electrons. The second-order valence-corrected chi connectivity index (χ2v) is 5.48. The molecule has 6 heteroatoms. The number of carbonyl (C=O) groups excluding carboxylic acids is 1. The average molecular weight is 294 g/mol. The summed E-state index contributed by atoms with van der Waals surface area (Å²) >= 11 is 0. The monoisotopic (exact) mass is 294 g/mol. The molecule has 21 heavy (non-hydrogen) atoms. The van der Waals surface area contributed by atoms with Gasteiger partial charge in [-0.15, -0.1) is 0 Å². The summed E-state index contributed by atoms with van der Waals surface area (Å²) in [5, 5.41) is 11.6. The van der Waals surface area contributed by atoms with Gasteiger partial charge in [0.05, 0.1) is 11.2 Å². The SMILES string of the molecule is COC(C)(C)CNC(=O)N(C)Cc1ccc(C(=O)O)cc1. The summed E-state index contributed by atoms with van der Waals surface area (Å²) in [5.74, 6) is -0.963. The molecule has 1 aromatic carbocycles. The Labute approximate surface area is 124 Å². The Morgan fingerprint density at radius 3 is 2.33 bits per heavy atom. The van der Waals surface area contributed by atoms with E-state index in [1.165, 1.54) is 17.0 Å². The maximum atomic E-state index is 12.0. The fraction of sp³-hybridized carbons (Fsp3) is 0.467. The van der Waals surface area contributed by atoms with Crippen LogP contribution in [-0.2, 0) is 11.3 Å². The molecule has 0 bridgehead atoms. The number of carboxylic acids is 1. The quantitative estimate of drug-likeness (QED) is 0.840. The maximum absolute atomic E-state index is 12.0. The Bertz CT molecular complexity index is 497. The molecule has 0 saturated heterocycles. The number of carboxylic acid groups (broad SMARTS) is 1. The van der Waals surface area contributed by atoms with E-state index in [0.29, 0.717) is 13.1 Å². The summed E-state index contributed by atoms with van der Waals surface area (Å²) in [6.45, 7) is 4.58. The number of hydrogen-bond acceptors (Lipinski definition) is 3. The van der Waals surface area contributed by atoms with Gasteiger partial charge < -0.3 is 20.1 Å². The largest absolute Gasteiger partial charge is 0.478 e. The number of amides is 2. The van der Waals surface area contributed by atoms with E-state index < -0.39 is 11.6 Å². The van der Waals surface area contributed by atoms with Crippen LogP contribution in [0.5, 0.6) is 0 Å². The van der Waals surface area contributed by atoms with Crippen molar-refractivity contribution in [1.29, 1.82) is 0 Å². The first-order valence-electron chi connectivity index (χ1n) is 6.61. The number of hydrogen-bond donors (Lipinski definition) is 2. The smallest absolute Gasteiger partial charge is 0.335 e. The Hall–Kier alpha value is -2.08. The number of rotatable bonds is 6. The average Bonchev–Trinajstić information content (AvgIpc) is 2.45. The lowest BCUT2D eigenvalue weighted by atomic mass is 10.1. The van der Waals surface area contributed by atoms with Crippen molar-refractivity contribution < 1.29 is 19.4 Å². The van der Waals surface area contributed by atoms with Crippen LogP contribution in [0.1, 0.15) is 29.8 Å². The second-order valence-electron chi connectivity index (χ2n) is 5.48. The second kappa shape index (κ2) is 7.08. The predicted octanol–water partition coefficient (Wildman–Crippen LogP) is 1.95. The molecule has 2 N–H and O–H groups in total. The zero-order valence-corrected chi connectivity index (χ0v) is 12.8. The fourth-order valence-corrected chi connectivity index (χ4v) is 1.59. The van der Waals surface area contributed by atoms with Crippen LogP contribution in [0, 0.1) is 0 Å². The molecule has 6 nitrogen and oxygen atoms in total. The Kier molecular flexibility index (Phi) is 5.72. The highest BCUT2D eigenvalue weighted by atomic mass is 16.5. The van der Waals surface area contributed by atoms with Gasteiger partial charge in [-0.3, -0.25) is 0 Å². The first kappa shape index (κ1) is 17.0. The van der Waals surface area contributed by atoms with Crippen molar-refractivity contribution in [2.45, 2.75) is 26.0 Å². The molecule has 0 atom stereocenters. The third-order valence-corrected chi connectivity index (χ3v) is 3.19. The zero-order valence-electron chi connectivity index (χ0n) is 12.8. The number of urea groups is 1. The van der Waals surface area contributed by atoms with Gasteiger partial charge in [0.25, 0.3) is 0 Å². The molecule has 2 amide bonds. The number of aromatic carboxylic acids is 1. The highest BCUT2D eigenvalue weighted by Crippen LogP contribution is 2.08. The minimum atomic E-state index is -0.963. The molecule has 0 radical (unpaired) electrons. The lowest BCUT2D eigenvalue weighted by molar-refractivity contribution is 0.0245. The molecule has 1 aromatic rings. The van der Waals surface area contributed by atoms with Crippen LogP contribution in [-0.4, -0.2) is 48.3 Å². The number of methoxy groups -OCH3 is 1. The molecule has 1 rings (SSSR count). The summed E-state index contributed by atoms with van der Waals surface area (Å²) in [6.07, 6.45) is 0. The summed E-state index contributed by atoms with van der Waals surface area (Å²) in [6, 6.07) is 6.25. The highest BCUT2D eigenvalue weighted by Gasteiger charge is 2.18. The molecule has 0 heterocycles. The minimum Gasteiger partial charge on any atom is -0.478 e. The van der Waals surface area contributed by atoms with E-state index in [4.69, 9.17) is 9.84 Å². The van der Waals surface area contributed by atoms with Gasteiger partial charge in [0.2, 0.25) is 0 Å². The molecule has 0 aliphatic heterocycles. The summed E-state index contributed by atoms with van der Waals surface area (Å²) in [7, 11) is 3.28. The standard InChI is InChI=1S/C15H22N2O4/c1-15(2,21-4)10-16-14(20)17(3)9-11-5-7-12(8-6-11)13(18)19/h5-8H,9-10H2,1-4H3,(H,16,20)(H,18,19). The summed E-state index contributed by atoms with van der Waals surface area (Å²) in [4.78, 5) is 24.2. The van der Waals surface area contributed by atoms with E-state index in [0.717, 1.165) is 5.56 Å². The minimum absolute atomic E-state index is 0.206. The van der Waals surface area contributed by atoms with E-state index in [2.05, 4.69) is 5.32 Å². The molecule has 0 aliphatic carbocycles. The third kappa shape index (κ3) is 5.43. The van der Waals surface area contributed by atoms with Gasteiger partial charge >= 0.3 is 12.0 Å². The molecule has 0 aliphatic rings.